The minimum absolute atomic E-state index is 0.0273. The van der Waals surface area contributed by atoms with E-state index in [0.29, 0.717) is 90.9 Å². The predicted octanol–water partition coefficient (Wildman–Crippen LogP) is 4.64. The van der Waals surface area contributed by atoms with Gasteiger partial charge in [-0.25, -0.2) is 8.42 Å². The molecule has 2 heterocycles. The largest absolute Gasteiger partial charge is 0.379 e. The van der Waals surface area contributed by atoms with Gasteiger partial charge in [0.05, 0.1) is 80.8 Å². The fourth-order valence-electron chi connectivity index (χ4n) is 12.1. The van der Waals surface area contributed by atoms with Crippen molar-refractivity contribution in [1.29, 1.82) is 0 Å². The molecule has 21 nitrogen and oxygen atoms in total. The van der Waals surface area contributed by atoms with Crippen LogP contribution in [0.3, 0.4) is 0 Å². The number of nitrogens with one attached hydrogen (secondary N) is 4. The van der Waals surface area contributed by atoms with E-state index in [4.69, 9.17) is 18.9 Å². The van der Waals surface area contributed by atoms with E-state index in [2.05, 4.69) is 20.7 Å². The molecule has 81 heavy (non-hydrogen) atoms. The minimum Gasteiger partial charge on any atom is -0.379 e. The standard InChI is InChI=1S/C59H106N8O13S/c1-14-41(8)53(48(77-12)37-50(69)67-28-19-22-47(67)54(78-13)42(9)55(70)61-46(36-38(2)3)57(72)63-81(75,76)45-23-24-45)65(11)59(74)51(39(4)5)62-58(73)52(40(6)7)64(10)31-33-80-35-34-79-32-27-49(68)66-29-25-43(26-30-66)56(71)60-44-20-17-15-16-18-21-44/h38-48,51-54H,14-37H2,1-13H3,(H,60,71)(H,61,70)(H,62,73)(H,63,72). The zero-order valence-corrected chi connectivity index (χ0v) is 52.5. The Labute approximate surface area is 485 Å². The highest BCUT2D eigenvalue weighted by Gasteiger charge is 2.45. The van der Waals surface area contributed by atoms with Gasteiger partial charge in [0.25, 0.3) is 5.91 Å². The van der Waals surface area contributed by atoms with Gasteiger partial charge in [0.15, 0.2) is 0 Å². The number of carbonyl (C=O) groups is 7. The summed E-state index contributed by atoms with van der Waals surface area (Å²) in [5.74, 6) is -3.37. The number of methoxy groups -OCH3 is 2. The maximum Gasteiger partial charge on any atom is 0.256 e. The number of sulfonamides is 1. The summed E-state index contributed by atoms with van der Waals surface area (Å²) in [5, 5.41) is 8.54. The first-order valence-electron chi connectivity index (χ1n) is 30.6. The van der Waals surface area contributed by atoms with E-state index in [-0.39, 0.29) is 91.0 Å². The summed E-state index contributed by atoms with van der Waals surface area (Å²) in [5.41, 5.74) is 0. The van der Waals surface area contributed by atoms with Gasteiger partial charge in [-0.1, -0.05) is 94.4 Å². The van der Waals surface area contributed by atoms with Crippen molar-refractivity contribution < 1.29 is 60.9 Å². The first-order valence-corrected chi connectivity index (χ1v) is 32.1. The average Bonchev–Trinajstić information content (AvgIpc) is 4.24. The lowest BCUT2D eigenvalue weighted by Crippen LogP contribution is -2.60. The molecule has 4 aliphatic rings. The smallest absolute Gasteiger partial charge is 0.256 e. The predicted molar refractivity (Wildman–Crippen MR) is 311 cm³/mol. The Kier molecular flexibility index (Phi) is 29.3. The lowest BCUT2D eigenvalue weighted by atomic mass is 9.89. The molecule has 4 fully saturated rings. The first kappa shape index (κ1) is 69.5. The normalized spacial score (nSPS) is 20.7. The maximum absolute atomic E-state index is 14.7. The average molecular weight is 1170 g/mol. The van der Waals surface area contributed by atoms with E-state index in [0.717, 1.165) is 12.8 Å². The van der Waals surface area contributed by atoms with Crippen molar-refractivity contribution in [2.75, 3.05) is 80.9 Å². The van der Waals surface area contributed by atoms with Crippen molar-refractivity contribution in [3.63, 3.8) is 0 Å². The number of ether oxygens (including phenoxy) is 4. The third kappa shape index (κ3) is 21.3. The summed E-state index contributed by atoms with van der Waals surface area (Å²) in [6.07, 6.45) is 10.1. The van der Waals surface area contributed by atoms with Gasteiger partial charge < -0.3 is 49.6 Å². The molecular weight excluding hydrogens is 1060 g/mol. The van der Waals surface area contributed by atoms with Crippen LogP contribution < -0.4 is 20.7 Å². The molecule has 0 spiro atoms. The molecule has 0 bridgehead atoms. The van der Waals surface area contributed by atoms with Gasteiger partial charge in [0.1, 0.15) is 12.1 Å². The molecule has 0 aromatic rings. The zero-order valence-electron chi connectivity index (χ0n) is 51.6. The van der Waals surface area contributed by atoms with Crippen LogP contribution in [0.15, 0.2) is 0 Å². The number of hydrogen-bond acceptors (Lipinski definition) is 14. The van der Waals surface area contributed by atoms with Crippen molar-refractivity contribution in [3.8, 4) is 0 Å². The number of piperidine rings is 1. The highest BCUT2D eigenvalue weighted by molar-refractivity contribution is 7.90. The van der Waals surface area contributed by atoms with Gasteiger partial charge in [-0.05, 0) is 88.5 Å². The molecule has 2 aliphatic heterocycles. The fraction of sp³-hybridized carbons (Fsp3) is 0.881. The molecule has 9 unspecified atom stereocenters. The Morgan fingerprint density at radius 2 is 1.31 bits per heavy atom. The number of likely N-dealkylation sites (tertiary alicyclic amines) is 2. The number of likely N-dealkylation sites (N-methyl/N-ethyl adjacent to an activating group) is 2. The first-order chi connectivity index (χ1) is 38.4. The second-order valence-electron chi connectivity index (χ2n) is 24.7. The van der Waals surface area contributed by atoms with Gasteiger partial charge >= 0.3 is 0 Å². The molecule has 0 radical (unpaired) electrons. The van der Waals surface area contributed by atoms with Crippen LogP contribution in [0.1, 0.15) is 165 Å². The fourth-order valence-corrected chi connectivity index (χ4v) is 13.4. The molecule has 4 N–H and O–H groups in total. The molecular formula is C59H106N8O13S. The number of hydrogen-bond donors (Lipinski definition) is 4. The van der Waals surface area contributed by atoms with Crippen molar-refractivity contribution in [2.45, 2.75) is 219 Å². The molecule has 22 heteroatoms. The summed E-state index contributed by atoms with van der Waals surface area (Å²) in [4.78, 5) is 103. The summed E-state index contributed by atoms with van der Waals surface area (Å²) in [6.45, 7) is 20.4. The van der Waals surface area contributed by atoms with Crippen LogP contribution in [0.4, 0.5) is 0 Å². The van der Waals surface area contributed by atoms with Crippen LogP contribution >= 0.6 is 0 Å². The Balaban J connectivity index is 1.27. The van der Waals surface area contributed by atoms with E-state index in [9.17, 15) is 42.0 Å². The summed E-state index contributed by atoms with van der Waals surface area (Å²) >= 11 is 0. The second-order valence-corrected chi connectivity index (χ2v) is 26.7. The topological polar surface area (TPSA) is 252 Å². The third-order valence-electron chi connectivity index (χ3n) is 17.3. The zero-order chi connectivity index (χ0) is 60.1. The molecule has 2 aliphatic carbocycles. The number of carbonyl (C=O) groups excluding carboxylic acids is 7. The molecule has 0 aromatic carbocycles. The molecule has 2 saturated carbocycles. The highest BCUT2D eigenvalue weighted by atomic mass is 32.2. The van der Waals surface area contributed by atoms with Crippen LogP contribution in [0, 0.1) is 35.5 Å². The lowest BCUT2D eigenvalue weighted by Gasteiger charge is -2.41. The van der Waals surface area contributed by atoms with Crippen molar-refractivity contribution in [1.82, 2.24) is 40.3 Å². The van der Waals surface area contributed by atoms with Gasteiger partial charge in [0.2, 0.25) is 45.5 Å². The summed E-state index contributed by atoms with van der Waals surface area (Å²) in [6, 6.07) is -3.34. The molecule has 2 saturated heterocycles. The summed E-state index contributed by atoms with van der Waals surface area (Å²) < 4.78 is 51.1. The highest BCUT2D eigenvalue weighted by Crippen LogP contribution is 2.31. The molecule has 4 rings (SSSR count). The van der Waals surface area contributed by atoms with Gasteiger partial charge in [0, 0.05) is 59.4 Å². The van der Waals surface area contributed by atoms with Gasteiger partial charge in [-0.2, -0.15) is 0 Å². The molecule has 9 atom stereocenters. The Bertz CT molecular complexity index is 2110. The Hall–Kier alpha value is -3.96. The van der Waals surface area contributed by atoms with Crippen LogP contribution in [0.5, 0.6) is 0 Å². The number of rotatable bonds is 34. The van der Waals surface area contributed by atoms with Crippen LogP contribution in [0.25, 0.3) is 0 Å². The minimum atomic E-state index is -3.83. The van der Waals surface area contributed by atoms with E-state index in [1.54, 1.807) is 23.8 Å². The van der Waals surface area contributed by atoms with Crippen molar-refractivity contribution in [3.05, 3.63) is 0 Å². The van der Waals surface area contributed by atoms with E-state index in [1.807, 2.05) is 72.2 Å². The van der Waals surface area contributed by atoms with Gasteiger partial charge in [-0.3, -0.25) is 43.2 Å². The maximum atomic E-state index is 14.7. The van der Waals surface area contributed by atoms with Crippen molar-refractivity contribution in [2.24, 2.45) is 35.5 Å². The van der Waals surface area contributed by atoms with Crippen LogP contribution in [-0.2, 0) is 62.5 Å². The summed E-state index contributed by atoms with van der Waals surface area (Å²) in [7, 11) is 2.72. The third-order valence-corrected chi connectivity index (χ3v) is 19.1. The monoisotopic (exact) mass is 1170 g/mol. The molecule has 466 valence electrons. The quantitative estimate of drug-likeness (QED) is 0.0506. The second kappa shape index (κ2) is 34.1. The SMILES string of the molecule is CCC(C)C(C(CC(=O)N1CCCC1C(OC)C(C)C(=O)NC(CC(C)C)C(=O)NS(=O)(=O)C1CC1)OC)N(C)C(=O)C(NC(=O)C(C(C)C)N(C)CCOCCOCCC(=O)N1CCC(C(=O)NC2CCCCCC2)CC1)C(C)C. The molecule has 0 aromatic heterocycles. The van der Waals surface area contributed by atoms with Gasteiger partial charge in [-0.15, -0.1) is 0 Å². The number of nitrogens with zero attached hydrogens (tertiary/aromatic N) is 4. The molecule has 7 amide bonds. The lowest BCUT2D eigenvalue weighted by molar-refractivity contribution is -0.148. The van der Waals surface area contributed by atoms with E-state index < -0.39 is 75.4 Å². The van der Waals surface area contributed by atoms with E-state index in [1.165, 1.54) is 39.9 Å². The Morgan fingerprint density at radius 3 is 1.86 bits per heavy atom. The van der Waals surface area contributed by atoms with Crippen molar-refractivity contribution >= 4 is 51.4 Å². The van der Waals surface area contributed by atoms with E-state index >= 15 is 0 Å². The Morgan fingerprint density at radius 1 is 0.679 bits per heavy atom. The van der Waals surface area contributed by atoms with Crippen LogP contribution in [0.2, 0.25) is 0 Å². The van der Waals surface area contributed by atoms with Crippen LogP contribution in [-0.4, -0.2) is 204 Å². The number of amides is 7.